The van der Waals surface area contributed by atoms with Crippen LogP contribution in [0.3, 0.4) is 0 Å². The third-order valence-electron chi connectivity index (χ3n) is 5.30. The summed E-state index contributed by atoms with van der Waals surface area (Å²) < 4.78 is 11.5. The van der Waals surface area contributed by atoms with Crippen molar-refractivity contribution in [3.05, 3.63) is 69.8 Å². The zero-order valence-electron chi connectivity index (χ0n) is 17.1. The van der Waals surface area contributed by atoms with E-state index in [1.165, 1.54) is 0 Å². The Balaban J connectivity index is 1.88. The van der Waals surface area contributed by atoms with Crippen LogP contribution in [0.25, 0.3) is 33.1 Å². The van der Waals surface area contributed by atoms with Gasteiger partial charge in [0.1, 0.15) is 11.2 Å². The third-order valence-corrected chi connectivity index (χ3v) is 5.30. The van der Waals surface area contributed by atoms with E-state index in [4.69, 9.17) is 8.83 Å². The lowest BCUT2D eigenvalue weighted by atomic mass is 9.96. The normalized spacial score (nSPS) is 12.4. The van der Waals surface area contributed by atoms with Crippen LogP contribution in [0.2, 0.25) is 0 Å². The van der Waals surface area contributed by atoms with Crippen molar-refractivity contribution in [2.75, 3.05) is 6.54 Å². The predicted molar refractivity (Wildman–Crippen MR) is 116 cm³/mol. The zero-order chi connectivity index (χ0) is 21.4. The first kappa shape index (κ1) is 19.9. The predicted octanol–water partition coefficient (Wildman–Crippen LogP) is 3.86. The molecule has 0 saturated heterocycles. The fourth-order valence-corrected chi connectivity index (χ4v) is 3.81. The average molecular weight is 405 g/mol. The van der Waals surface area contributed by atoms with Crippen LogP contribution in [0, 0.1) is 13.8 Å². The van der Waals surface area contributed by atoms with Crippen LogP contribution < -0.4 is 10.9 Å². The fraction of sp³-hybridized carbons (Fsp3) is 0.250. The summed E-state index contributed by atoms with van der Waals surface area (Å²) in [4.78, 5) is 24.8. The summed E-state index contributed by atoms with van der Waals surface area (Å²) in [6.07, 6.45) is 0.926. The molecule has 6 heteroatoms. The molecule has 1 unspecified atom stereocenters. The van der Waals surface area contributed by atoms with E-state index in [0.717, 1.165) is 22.1 Å². The molecule has 0 aliphatic rings. The van der Waals surface area contributed by atoms with Crippen LogP contribution >= 0.6 is 0 Å². The van der Waals surface area contributed by atoms with Crippen LogP contribution in [0.5, 0.6) is 0 Å². The van der Waals surface area contributed by atoms with Crippen LogP contribution in [0.4, 0.5) is 0 Å². The smallest absolute Gasteiger partial charge is 0.340 e. The van der Waals surface area contributed by atoms with Gasteiger partial charge in [-0.2, -0.15) is 0 Å². The Hall–Kier alpha value is -3.38. The zero-order valence-corrected chi connectivity index (χ0v) is 17.1. The van der Waals surface area contributed by atoms with Crippen molar-refractivity contribution in [2.45, 2.75) is 33.3 Å². The number of fused-ring (bicyclic) bond motifs is 3. The number of carbonyl (C=O) groups is 1. The van der Waals surface area contributed by atoms with E-state index < -0.39 is 11.7 Å². The molecule has 154 valence electrons. The number of hydrogen-bond donors (Lipinski definition) is 2. The number of amides is 1. The second kappa shape index (κ2) is 7.80. The molecule has 6 nitrogen and oxygen atoms in total. The second-order valence-corrected chi connectivity index (χ2v) is 7.61. The molecule has 0 bridgehead atoms. The molecule has 2 aromatic carbocycles. The standard InChI is InChI=1S/C24H23NO5/c1-13-9-19-22(23-21(13)18(12-29-23)16-7-5-4-6-8-16)15(3)17(24(28)30-19)10-20(27)25-11-14(2)26/h4-9,12,14,26H,10-11H2,1-3H3,(H,25,27). The Labute approximate surface area is 173 Å². The lowest BCUT2D eigenvalue weighted by molar-refractivity contribution is -0.120. The Morgan fingerprint density at radius 3 is 2.60 bits per heavy atom. The van der Waals surface area contributed by atoms with Gasteiger partial charge in [-0.1, -0.05) is 30.3 Å². The molecule has 0 aliphatic carbocycles. The van der Waals surface area contributed by atoms with Gasteiger partial charge in [0, 0.05) is 17.5 Å². The van der Waals surface area contributed by atoms with E-state index in [1.54, 1.807) is 20.1 Å². The maximum atomic E-state index is 12.6. The number of nitrogens with one attached hydrogen (secondary N) is 1. The van der Waals surface area contributed by atoms with Crippen molar-refractivity contribution in [1.29, 1.82) is 0 Å². The molecule has 4 rings (SSSR count). The molecule has 1 atom stereocenters. The van der Waals surface area contributed by atoms with Gasteiger partial charge in [-0.25, -0.2) is 4.79 Å². The maximum Gasteiger partial charge on any atom is 0.340 e. The van der Waals surface area contributed by atoms with Gasteiger partial charge in [0.15, 0.2) is 0 Å². The van der Waals surface area contributed by atoms with Crippen molar-refractivity contribution in [3.8, 4) is 11.1 Å². The minimum absolute atomic E-state index is 0.124. The lowest BCUT2D eigenvalue weighted by Gasteiger charge is -2.11. The first-order valence-electron chi connectivity index (χ1n) is 9.84. The van der Waals surface area contributed by atoms with E-state index in [2.05, 4.69) is 5.32 Å². The lowest BCUT2D eigenvalue weighted by Crippen LogP contribution is -2.33. The van der Waals surface area contributed by atoms with Crippen LogP contribution in [0.1, 0.15) is 23.6 Å². The maximum absolute atomic E-state index is 12.6. The SMILES string of the molecule is Cc1cc2oc(=O)c(CC(=O)NCC(C)O)c(C)c2c2occ(-c3ccccc3)c12. The summed E-state index contributed by atoms with van der Waals surface area (Å²) in [6, 6.07) is 11.8. The minimum atomic E-state index is -0.662. The van der Waals surface area contributed by atoms with Crippen molar-refractivity contribution >= 4 is 27.8 Å². The number of aliphatic hydroxyl groups is 1. The first-order valence-corrected chi connectivity index (χ1v) is 9.84. The molecule has 0 aliphatic heterocycles. The molecule has 30 heavy (non-hydrogen) atoms. The van der Waals surface area contributed by atoms with Crippen molar-refractivity contribution in [3.63, 3.8) is 0 Å². The van der Waals surface area contributed by atoms with Crippen molar-refractivity contribution in [1.82, 2.24) is 5.32 Å². The highest BCUT2D eigenvalue weighted by Crippen LogP contribution is 2.38. The highest BCUT2D eigenvalue weighted by Gasteiger charge is 2.21. The number of furan rings is 1. The Morgan fingerprint density at radius 1 is 1.17 bits per heavy atom. The van der Waals surface area contributed by atoms with Crippen molar-refractivity contribution in [2.24, 2.45) is 0 Å². The summed E-state index contributed by atoms with van der Waals surface area (Å²) in [5.74, 6) is -0.349. The number of hydrogen-bond acceptors (Lipinski definition) is 5. The third kappa shape index (κ3) is 3.50. The van der Waals surface area contributed by atoms with Gasteiger partial charge in [0.05, 0.1) is 29.7 Å². The number of aryl methyl sites for hydroxylation is 2. The Bertz CT molecular complexity index is 1300. The van der Waals surface area contributed by atoms with Crippen molar-refractivity contribution < 1.29 is 18.7 Å². The highest BCUT2D eigenvalue weighted by molar-refractivity contribution is 6.11. The summed E-state index contributed by atoms with van der Waals surface area (Å²) in [5.41, 5.74) is 4.41. The van der Waals surface area contributed by atoms with E-state index in [1.807, 2.05) is 43.3 Å². The largest absolute Gasteiger partial charge is 0.463 e. The number of rotatable bonds is 5. The van der Waals surface area contributed by atoms with Gasteiger partial charge in [0.25, 0.3) is 0 Å². The second-order valence-electron chi connectivity index (χ2n) is 7.61. The quantitative estimate of drug-likeness (QED) is 0.492. The minimum Gasteiger partial charge on any atom is -0.463 e. The summed E-state index contributed by atoms with van der Waals surface area (Å²) in [7, 11) is 0. The molecule has 0 radical (unpaired) electrons. The molecule has 1 amide bonds. The molecule has 2 aromatic heterocycles. The van der Waals surface area contributed by atoms with Gasteiger partial charge in [-0.15, -0.1) is 0 Å². The molecular formula is C24H23NO5. The van der Waals surface area contributed by atoms with Gasteiger partial charge < -0.3 is 19.3 Å². The highest BCUT2D eigenvalue weighted by atomic mass is 16.4. The average Bonchev–Trinajstić information content (AvgIpc) is 3.15. The van der Waals surface area contributed by atoms with E-state index in [0.29, 0.717) is 22.1 Å². The number of carbonyl (C=O) groups excluding carboxylic acids is 1. The van der Waals surface area contributed by atoms with E-state index >= 15 is 0 Å². The van der Waals surface area contributed by atoms with E-state index in [-0.39, 0.29) is 24.4 Å². The summed E-state index contributed by atoms with van der Waals surface area (Å²) in [5, 5.41) is 13.6. The molecular weight excluding hydrogens is 382 g/mol. The summed E-state index contributed by atoms with van der Waals surface area (Å²) >= 11 is 0. The topological polar surface area (TPSA) is 92.7 Å². The molecule has 2 heterocycles. The molecule has 0 saturated carbocycles. The molecule has 0 spiro atoms. The van der Waals surface area contributed by atoms with E-state index in [9.17, 15) is 14.7 Å². The number of aliphatic hydroxyl groups excluding tert-OH is 1. The monoisotopic (exact) mass is 405 g/mol. The van der Waals surface area contributed by atoms with Crippen LogP contribution in [-0.4, -0.2) is 23.7 Å². The molecule has 4 aromatic rings. The molecule has 0 fully saturated rings. The fourth-order valence-electron chi connectivity index (χ4n) is 3.81. The van der Waals surface area contributed by atoms with Crippen LogP contribution in [0.15, 0.2) is 56.3 Å². The first-order chi connectivity index (χ1) is 14.4. The van der Waals surface area contributed by atoms with Gasteiger partial charge in [-0.05, 0) is 43.5 Å². The molecule has 2 N–H and O–H groups in total. The Morgan fingerprint density at radius 2 is 1.90 bits per heavy atom. The van der Waals surface area contributed by atoms with Gasteiger partial charge in [0.2, 0.25) is 5.91 Å². The Kier molecular flexibility index (Phi) is 5.18. The van der Waals surface area contributed by atoms with Crippen LogP contribution in [-0.2, 0) is 11.2 Å². The summed E-state index contributed by atoms with van der Waals surface area (Å²) in [6.45, 7) is 5.46. The van der Waals surface area contributed by atoms with Gasteiger partial charge in [-0.3, -0.25) is 4.79 Å². The number of benzene rings is 2. The van der Waals surface area contributed by atoms with Gasteiger partial charge >= 0.3 is 5.63 Å².